The van der Waals surface area contributed by atoms with Gasteiger partial charge in [0, 0.05) is 5.75 Å². The molecule has 0 aliphatic carbocycles. The Hall–Kier alpha value is -0.840. The molecule has 1 saturated heterocycles. The van der Waals surface area contributed by atoms with Crippen LogP contribution >= 0.6 is 34.7 Å². The summed E-state index contributed by atoms with van der Waals surface area (Å²) in [5.74, 6) is 1.11. The first kappa shape index (κ1) is 11.6. The lowest BCUT2D eigenvalue weighted by Crippen LogP contribution is -2.47. The highest BCUT2D eigenvalue weighted by atomic mass is 35.5. The van der Waals surface area contributed by atoms with Crippen molar-refractivity contribution in [1.82, 2.24) is 15.5 Å². The number of carbonyl (C=O) groups excluding carboxylic acids is 1. The van der Waals surface area contributed by atoms with Crippen molar-refractivity contribution < 1.29 is 4.79 Å². The summed E-state index contributed by atoms with van der Waals surface area (Å²) in [6, 6.07) is 2.16. The lowest BCUT2D eigenvalue weighted by Gasteiger charge is -2.19. The maximum Gasteiger partial charge on any atom is 0.283 e. The number of halogens is 1. The van der Waals surface area contributed by atoms with Crippen molar-refractivity contribution >= 4 is 40.6 Å². The van der Waals surface area contributed by atoms with Crippen LogP contribution in [-0.4, -0.2) is 33.1 Å². The molecule has 84 valence electrons. The SMILES string of the molecule is N#CC1(NC(=O)c2nnc(Cl)s2)CCSC1. The van der Waals surface area contributed by atoms with Crippen LogP contribution in [0.2, 0.25) is 4.47 Å². The van der Waals surface area contributed by atoms with Gasteiger partial charge in [-0.25, -0.2) is 0 Å². The molecule has 5 nitrogen and oxygen atoms in total. The molecule has 1 aromatic heterocycles. The second kappa shape index (κ2) is 4.57. The number of hydrogen-bond acceptors (Lipinski definition) is 6. The molecule has 1 amide bonds. The minimum atomic E-state index is -0.764. The molecule has 1 N–H and O–H groups in total. The lowest BCUT2D eigenvalue weighted by molar-refractivity contribution is 0.0925. The summed E-state index contributed by atoms with van der Waals surface area (Å²) in [5.41, 5.74) is -0.764. The van der Waals surface area contributed by atoms with Crippen molar-refractivity contribution in [2.75, 3.05) is 11.5 Å². The number of nitrogens with one attached hydrogen (secondary N) is 1. The number of aromatic nitrogens is 2. The summed E-state index contributed by atoms with van der Waals surface area (Å²) in [5, 5.41) is 19.1. The fourth-order valence-corrected chi connectivity index (χ4v) is 3.34. The molecule has 1 atom stereocenters. The molecule has 1 aliphatic rings. The summed E-state index contributed by atoms with van der Waals surface area (Å²) in [6.07, 6.45) is 0.659. The predicted octanol–water partition coefficient (Wildman–Crippen LogP) is 1.32. The Kier molecular flexibility index (Phi) is 3.33. The Balaban J connectivity index is 2.10. The number of rotatable bonds is 2. The summed E-state index contributed by atoms with van der Waals surface area (Å²) < 4.78 is 0.219. The predicted molar refractivity (Wildman–Crippen MR) is 62.7 cm³/mol. The van der Waals surface area contributed by atoms with E-state index in [2.05, 4.69) is 21.6 Å². The summed E-state index contributed by atoms with van der Waals surface area (Å²) in [7, 11) is 0. The van der Waals surface area contributed by atoms with Crippen molar-refractivity contribution in [2.24, 2.45) is 0 Å². The van der Waals surface area contributed by atoms with Crippen LogP contribution in [0.3, 0.4) is 0 Å². The fraction of sp³-hybridized carbons (Fsp3) is 0.500. The van der Waals surface area contributed by atoms with E-state index in [0.717, 1.165) is 17.1 Å². The van der Waals surface area contributed by atoms with E-state index in [4.69, 9.17) is 16.9 Å². The van der Waals surface area contributed by atoms with Gasteiger partial charge >= 0.3 is 0 Å². The number of carbonyl (C=O) groups is 1. The number of hydrogen-bond donors (Lipinski definition) is 1. The minimum absolute atomic E-state index is 0.191. The quantitative estimate of drug-likeness (QED) is 0.880. The number of nitrogens with zero attached hydrogens (tertiary/aromatic N) is 3. The maximum absolute atomic E-state index is 11.8. The third-order valence-electron chi connectivity index (χ3n) is 2.18. The molecule has 1 unspecified atom stereocenters. The molecule has 0 spiro atoms. The van der Waals surface area contributed by atoms with E-state index in [9.17, 15) is 4.79 Å². The lowest BCUT2D eigenvalue weighted by atomic mass is 10.0. The van der Waals surface area contributed by atoms with Crippen molar-refractivity contribution in [3.63, 3.8) is 0 Å². The van der Waals surface area contributed by atoms with Gasteiger partial charge in [-0.3, -0.25) is 4.79 Å². The van der Waals surface area contributed by atoms with Crippen LogP contribution in [0.5, 0.6) is 0 Å². The number of nitriles is 1. The van der Waals surface area contributed by atoms with Crippen molar-refractivity contribution in [1.29, 1.82) is 5.26 Å². The first-order chi connectivity index (χ1) is 7.65. The molecule has 1 fully saturated rings. The molecule has 16 heavy (non-hydrogen) atoms. The fourth-order valence-electron chi connectivity index (χ4n) is 1.35. The summed E-state index contributed by atoms with van der Waals surface area (Å²) >= 11 is 8.24. The normalized spacial score (nSPS) is 24.0. The Bertz CT molecular complexity index is 449. The van der Waals surface area contributed by atoms with E-state index >= 15 is 0 Å². The zero-order valence-electron chi connectivity index (χ0n) is 8.07. The first-order valence-corrected chi connectivity index (χ1v) is 6.81. The minimum Gasteiger partial charge on any atom is -0.331 e. The van der Waals surface area contributed by atoms with Crippen LogP contribution in [0.4, 0.5) is 0 Å². The van der Waals surface area contributed by atoms with Crippen LogP contribution in [-0.2, 0) is 0 Å². The van der Waals surface area contributed by atoms with Crippen LogP contribution in [0.1, 0.15) is 16.2 Å². The molecular weight excluding hydrogens is 268 g/mol. The van der Waals surface area contributed by atoms with Crippen LogP contribution in [0.15, 0.2) is 0 Å². The third-order valence-corrected chi connectivity index (χ3v) is 4.39. The smallest absolute Gasteiger partial charge is 0.283 e. The zero-order valence-corrected chi connectivity index (χ0v) is 10.5. The van der Waals surface area contributed by atoms with Crippen LogP contribution in [0, 0.1) is 11.3 Å². The van der Waals surface area contributed by atoms with Crippen molar-refractivity contribution in [3.8, 4) is 6.07 Å². The van der Waals surface area contributed by atoms with Crippen molar-refractivity contribution in [2.45, 2.75) is 12.0 Å². The van der Waals surface area contributed by atoms with Crippen molar-refractivity contribution in [3.05, 3.63) is 9.47 Å². The average Bonchev–Trinajstić information content (AvgIpc) is 2.88. The molecule has 0 radical (unpaired) electrons. The monoisotopic (exact) mass is 274 g/mol. The highest BCUT2D eigenvalue weighted by molar-refractivity contribution is 7.99. The van der Waals surface area contributed by atoms with E-state index < -0.39 is 5.54 Å². The van der Waals surface area contributed by atoms with Gasteiger partial charge in [0.25, 0.3) is 5.91 Å². The molecule has 8 heteroatoms. The molecule has 2 heterocycles. The average molecular weight is 275 g/mol. The van der Waals surface area contributed by atoms with E-state index in [1.807, 2.05) is 0 Å². The molecule has 2 rings (SSSR count). The largest absolute Gasteiger partial charge is 0.331 e. The van der Waals surface area contributed by atoms with Gasteiger partial charge in [0.05, 0.1) is 6.07 Å². The van der Waals surface area contributed by atoms with E-state index in [0.29, 0.717) is 12.2 Å². The molecule has 1 aliphatic heterocycles. The van der Waals surface area contributed by atoms with Gasteiger partial charge in [0.1, 0.15) is 5.54 Å². The molecule has 1 aromatic rings. The Labute approximate surface area is 105 Å². The third kappa shape index (κ3) is 2.29. The van der Waals surface area contributed by atoms with E-state index in [-0.39, 0.29) is 15.4 Å². The summed E-state index contributed by atoms with van der Waals surface area (Å²) in [6.45, 7) is 0. The Morgan fingerprint density at radius 3 is 2.94 bits per heavy atom. The highest BCUT2D eigenvalue weighted by Gasteiger charge is 2.36. The topological polar surface area (TPSA) is 78.7 Å². The van der Waals surface area contributed by atoms with Gasteiger partial charge in [-0.05, 0) is 23.8 Å². The van der Waals surface area contributed by atoms with Gasteiger partial charge in [0.2, 0.25) is 9.47 Å². The van der Waals surface area contributed by atoms with E-state index in [1.165, 1.54) is 0 Å². The Morgan fingerprint density at radius 2 is 2.44 bits per heavy atom. The molecule has 0 aromatic carbocycles. The van der Waals surface area contributed by atoms with Crippen LogP contribution in [0.25, 0.3) is 0 Å². The number of amides is 1. The van der Waals surface area contributed by atoms with Gasteiger partial charge in [0.15, 0.2) is 0 Å². The van der Waals surface area contributed by atoms with E-state index in [1.54, 1.807) is 11.8 Å². The van der Waals surface area contributed by atoms with Gasteiger partial charge in [-0.15, -0.1) is 10.2 Å². The highest BCUT2D eigenvalue weighted by Crippen LogP contribution is 2.28. The van der Waals surface area contributed by atoms with Gasteiger partial charge in [-0.1, -0.05) is 11.3 Å². The standard InChI is InChI=1S/C8H7ClN4OS2/c9-7-13-12-6(16-7)5(14)11-8(3-10)1-2-15-4-8/h1-2,4H2,(H,11,14). The van der Waals surface area contributed by atoms with Gasteiger partial charge in [-0.2, -0.15) is 17.0 Å². The molecule has 0 saturated carbocycles. The zero-order chi connectivity index (χ0) is 11.6. The second-order valence-corrected chi connectivity index (χ2v) is 5.98. The Morgan fingerprint density at radius 1 is 1.62 bits per heavy atom. The molecule has 0 bridgehead atoms. The second-order valence-electron chi connectivity index (χ2n) is 3.31. The maximum atomic E-state index is 11.8. The van der Waals surface area contributed by atoms with Crippen LogP contribution < -0.4 is 5.32 Å². The summed E-state index contributed by atoms with van der Waals surface area (Å²) in [4.78, 5) is 11.8. The van der Waals surface area contributed by atoms with Gasteiger partial charge < -0.3 is 5.32 Å². The first-order valence-electron chi connectivity index (χ1n) is 4.46. The number of thioether (sulfide) groups is 1. The molecular formula is C8H7ClN4OS2.